The summed E-state index contributed by atoms with van der Waals surface area (Å²) in [7, 11) is 7.21. The minimum absolute atomic E-state index is 0.164. The number of aryl methyl sites for hydroxylation is 1. The molecule has 0 fully saturated rings. The molecule has 2 N–H and O–H groups in total. The molecular weight excluding hydrogens is 326 g/mol. The first-order chi connectivity index (χ1) is 11.5. The van der Waals surface area contributed by atoms with E-state index < -0.39 is 6.10 Å². The first-order valence-electron chi connectivity index (χ1n) is 8.01. The molecule has 0 spiro atoms. The van der Waals surface area contributed by atoms with E-state index in [-0.39, 0.29) is 19.9 Å². The lowest BCUT2D eigenvalue weighted by atomic mass is 10.2. The van der Waals surface area contributed by atoms with Gasteiger partial charge in [-0.05, 0) is 6.42 Å². The Balaban J connectivity index is 2.47. The maximum Gasteiger partial charge on any atom is 0.167 e. The molecule has 2 rings (SSSR count). The van der Waals surface area contributed by atoms with E-state index in [4.69, 9.17) is 9.72 Å². The SMILES string of the molecule is CCCCc1nc2c(N(C)C)nc([Si])nc2n1COC(CO)CO. The van der Waals surface area contributed by atoms with Crippen LogP contribution in [0.4, 0.5) is 5.82 Å². The normalized spacial score (nSPS) is 11.6. The fourth-order valence-electron chi connectivity index (χ4n) is 2.35. The van der Waals surface area contributed by atoms with E-state index >= 15 is 0 Å². The number of aliphatic hydroxyl groups is 2. The maximum absolute atomic E-state index is 9.19. The van der Waals surface area contributed by atoms with Crippen LogP contribution in [-0.2, 0) is 17.9 Å². The van der Waals surface area contributed by atoms with E-state index in [2.05, 4.69) is 27.1 Å². The van der Waals surface area contributed by atoms with E-state index in [9.17, 15) is 10.2 Å². The van der Waals surface area contributed by atoms with Gasteiger partial charge in [-0.3, -0.25) is 4.57 Å². The Bertz CT molecular complexity index is 673. The van der Waals surface area contributed by atoms with Gasteiger partial charge in [0.05, 0.1) is 13.2 Å². The summed E-state index contributed by atoms with van der Waals surface area (Å²) < 4.78 is 7.46. The topological polar surface area (TPSA) is 96.5 Å². The van der Waals surface area contributed by atoms with Crippen LogP contribution >= 0.6 is 0 Å². The molecule has 3 radical (unpaired) electrons. The molecule has 0 amide bonds. The predicted molar refractivity (Wildman–Crippen MR) is 92.7 cm³/mol. The van der Waals surface area contributed by atoms with Crippen molar-refractivity contribution >= 4 is 32.7 Å². The number of ether oxygens (including phenoxy) is 1. The number of nitrogens with zero attached hydrogens (tertiary/aromatic N) is 5. The Morgan fingerprint density at radius 3 is 2.50 bits per heavy atom. The zero-order chi connectivity index (χ0) is 17.7. The Morgan fingerprint density at radius 1 is 1.21 bits per heavy atom. The number of aromatic nitrogens is 4. The van der Waals surface area contributed by atoms with Crippen LogP contribution in [0.5, 0.6) is 0 Å². The average molecular weight is 350 g/mol. The van der Waals surface area contributed by atoms with E-state index in [1.165, 1.54) is 0 Å². The van der Waals surface area contributed by atoms with Crippen molar-refractivity contribution in [2.75, 3.05) is 32.2 Å². The van der Waals surface area contributed by atoms with Crippen LogP contribution in [-0.4, -0.2) is 73.4 Å². The van der Waals surface area contributed by atoms with E-state index in [1.807, 2.05) is 23.6 Å². The van der Waals surface area contributed by atoms with Gasteiger partial charge in [0.15, 0.2) is 17.0 Å². The monoisotopic (exact) mass is 350 g/mol. The van der Waals surface area contributed by atoms with Crippen LogP contribution in [0.15, 0.2) is 0 Å². The van der Waals surface area contributed by atoms with Gasteiger partial charge in [0.1, 0.15) is 34.3 Å². The third kappa shape index (κ3) is 4.10. The number of hydrogen-bond acceptors (Lipinski definition) is 7. The molecule has 0 bridgehead atoms. The van der Waals surface area contributed by atoms with Crippen molar-refractivity contribution in [2.45, 2.75) is 39.0 Å². The second-order valence-electron chi connectivity index (χ2n) is 5.78. The standard InChI is InChI=1S/C15H24N5O3Si/c1-4-5-6-11-16-12-13(19(2)3)17-15(24)18-14(12)20(11)9-23-10(7-21)8-22/h10,21-22H,4-9H2,1-3H3. The number of unbranched alkanes of at least 4 members (excludes halogenated alkanes) is 1. The van der Waals surface area contributed by atoms with Gasteiger partial charge in [0.25, 0.3) is 0 Å². The summed E-state index contributed by atoms with van der Waals surface area (Å²) in [5, 5.41) is 18.4. The number of aliphatic hydroxyl groups excluding tert-OH is 2. The predicted octanol–water partition coefficient (Wildman–Crippen LogP) is -0.644. The number of rotatable bonds is 9. The lowest BCUT2D eigenvalue weighted by Gasteiger charge is -2.15. The van der Waals surface area contributed by atoms with E-state index in [0.29, 0.717) is 16.6 Å². The van der Waals surface area contributed by atoms with Gasteiger partial charge >= 0.3 is 0 Å². The van der Waals surface area contributed by atoms with Gasteiger partial charge < -0.3 is 19.8 Å². The molecule has 0 aliphatic carbocycles. The Kier molecular flexibility index (Phi) is 6.66. The van der Waals surface area contributed by atoms with Crippen LogP contribution in [0.3, 0.4) is 0 Å². The molecule has 2 aromatic heterocycles. The molecule has 0 atom stereocenters. The first kappa shape index (κ1) is 18.8. The fourth-order valence-corrected chi connectivity index (χ4v) is 2.56. The fraction of sp³-hybridized carbons (Fsp3) is 0.667. The molecule has 24 heavy (non-hydrogen) atoms. The van der Waals surface area contributed by atoms with Crippen LogP contribution < -0.4 is 10.3 Å². The van der Waals surface area contributed by atoms with E-state index in [0.717, 1.165) is 30.9 Å². The number of hydrogen-bond donors (Lipinski definition) is 2. The zero-order valence-corrected chi connectivity index (χ0v) is 15.4. The second-order valence-corrected chi connectivity index (χ2v) is 6.23. The summed E-state index contributed by atoms with van der Waals surface area (Å²) in [5.41, 5.74) is 1.84. The van der Waals surface area contributed by atoms with Gasteiger partial charge in [-0.15, -0.1) is 0 Å². The Labute approximate surface area is 144 Å². The first-order valence-corrected chi connectivity index (χ1v) is 8.51. The summed E-state index contributed by atoms with van der Waals surface area (Å²) in [5.74, 6) is 1.58. The second kappa shape index (κ2) is 8.52. The zero-order valence-electron chi connectivity index (χ0n) is 14.4. The smallest absolute Gasteiger partial charge is 0.167 e. The summed E-state index contributed by atoms with van der Waals surface area (Å²) in [6.07, 6.45) is 2.22. The lowest BCUT2D eigenvalue weighted by Crippen LogP contribution is -2.25. The molecular formula is C15H24N5O3Si. The molecule has 2 aromatic rings. The van der Waals surface area contributed by atoms with Gasteiger partial charge in [-0.2, -0.15) is 0 Å². The molecule has 0 aliphatic heterocycles. The highest BCUT2D eigenvalue weighted by molar-refractivity contribution is 6.29. The molecule has 9 heteroatoms. The molecule has 0 aromatic carbocycles. The van der Waals surface area contributed by atoms with Crippen molar-refractivity contribution in [1.29, 1.82) is 0 Å². The molecule has 131 valence electrons. The molecule has 2 heterocycles. The number of imidazole rings is 1. The molecule has 0 aliphatic rings. The molecule has 0 unspecified atom stereocenters. The van der Waals surface area contributed by atoms with Crippen molar-refractivity contribution in [2.24, 2.45) is 0 Å². The van der Waals surface area contributed by atoms with Gasteiger partial charge in [-0.1, -0.05) is 13.3 Å². The number of fused-ring (bicyclic) bond motifs is 1. The Hall–Kier alpha value is -1.55. The van der Waals surface area contributed by atoms with Crippen LogP contribution in [0.25, 0.3) is 11.2 Å². The van der Waals surface area contributed by atoms with Gasteiger partial charge in [0.2, 0.25) is 0 Å². The van der Waals surface area contributed by atoms with Crippen molar-refractivity contribution in [3.05, 3.63) is 5.82 Å². The van der Waals surface area contributed by atoms with Gasteiger partial charge in [-0.25, -0.2) is 15.0 Å². The van der Waals surface area contributed by atoms with Crippen molar-refractivity contribution in [1.82, 2.24) is 19.5 Å². The summed E-state index contributed by atoms with van der Waals surface area (Å²) in [6.45, 7) is 1.80. The third-order valence-electron chi connectivity index (χ3n) is 3.68. The highest BCUT2D eigenvalue weighted by Crippen LogP contribution is 2.22. The minimum Gasteiger partial charge on any atom is -0.394 e. The average Bonchev–Trinajstić information content (AvgIpc) is 2.90. The van der Waals surface area contributed by atoms with Crippen LogP contribution in [0, 0.1) is 0 Å². The molecule has 0 saturated carbocycles. The quantitative estimate of drug-likeness (QED) is 0.581. The third-order valence-corrected chi connectivity index (χ3v) is 3.90. The Morgan fingerprint density at radius 2 is 1.92 bits per heavy atom. The van der Waals surface area contributed by atoms with Crippen molar-refractivity contribution in [3.8, 4) is 0 Å². The van der Waals surface area contributed by atoms with Gasteiger partial charge in [0, 0.05) is 20.5 Å². The van der Waals surface area contributed by atoms with Crippen LogP contribution in [0.2, 0.25) is 0 Å². The summed E-state index contributed by atoms with van der Waals surface area (Å²) >= 11 is 0. The summed E-state index contributed by atoms with van der Waals surface area (Å²) in [6, 6.07) is 0. The van der Waals surface area contributed by atoms with Crippen molar-refractivity contribution in [3.63, 3.8) is 0 Å². The van der Waals surface area contributed by atoms with Crippen LogP contribution in [0.1, 0.15) is 25.6 Å². The number of anilines is 1. The highest BCUT2D eigenvalue weighted by atomic mass is 28.1. The molecule has 8 nitrogen and oxygen atoms in total. The maximum atomic E-state index is 9.19. The molecule has 0 saturated heterocycles. The summed E-state index contributed by atoms with van der Waals surface area (Å²) in [4.78, 5) is 15.4. The highest BCUT2D eigenvalue weighted by Gasteiger charge is 2.19. The van der Waals surface area contributed by atoms with Crippen molar-refractivity contribution < 1.29 is 14.9 Å². The largest absolute Gasteiger partial charge is 0.394 e. The minimum atomic E-state index is -0.625. The lowest BCUT2D eigenvalue weighted by molar-refractivity contribution is -0.0495. The van der Waals surface area contributed by atoms with E-state index in [1.54, 1.807) is 0 Å².